The number of halogens is 3. The van der Waals surface area contributed by atoms with Gasteiger partial charge in [-0.1, -0.05) is 36.4 Å². The molecule has 6 rings (SSSR count). The number of pyridine rings is 1. The van der Waals surface area contributed by atoms with Crippen LogP contribution in [0.5, 0.6) is 0 Å². The van der Waals surface area contributed by atoms with E-state index in [0.717, 1.165) is 17.5 Å². The highest BCUT2D eigenvalue weighted by atomic mass is 32.2. The smallest absolute Gasteiger partial charge is 0.382 e. The predicted molar refractivity (Wildman–Crippen MR) is 154 cm³/mol. The van der Waals surface area contributed by atoms with Crippen LogP contribution in [0.4, 0.5) is 19.0 Å². The molecule has 5 heterocycles. The van der Waals surface area contributed by atoms with Crippen molar-refractivity contribution in [1.82, 2.24) is 29.8 Å². The maximum absolute atomic E-state index is 13.0. The van der Waals surface area contributed by atoms with Crippen LogP contribution in [0.2, 0.25) is 0 Å². The molecule has 3 atom stereocenters. The molecule has 1 aromatic carbocycles. The van der Waals surface area contributed by atoms with Gasteiger partial charge in [-0.25, -0.2) is 13.4 Å². The first-order valence-electron chi connectivity index (χ1n) is 13.9. The molecule has 0 aliphatic carbocycles. The number of piperidine rings is 1. The van der Waals surface area contributed by atoms with Crippen LogP contribution >= 0.6 is 0 Å². The number of nitrogens with two attached hydrogens (primary N) is 1. The number of nitrogens with zero attached hydrogens (tertiary/aromatic N) is 5. The number of nitrogen functional groups attached to an aromatic ring is 1. The van der Waals surface area contributed by atoms with Crippen LogP contribution in [0.1, 0.15) is 37.3 Å². The molecule has 3 aromatic heterocycles. The summed E-state index contributed by atoms with van der Waals surface area (Å²) in [7, 11) is -3.87. The highest BCUT2D eigenvalue weighted by Gasteiger charge is 2.46. The zero-order chi connectivity index (χ0) is 31.4. The fraction of sp³-hybridized carbons (Fsp3) is 0.345. The third-order valence-corrected chi connectivity index (χ3v) is 9.40. The first-order chi connectivity index (χ1) is 20.8. The lowest BCUT2D eigenvalue weighted by molar-refractivity contribution is -0.174. The van der Waals surface area contributed by atoms with Crippen molar-refractivity contribution in [3.05, 3.63) is 60.6 Å². The van der Waals surface area contributed by atoms with E-state index in [2.05, 4.69) is 10.1 Å². The number of amides is 2. The van der Waals surface area contributed by atoms with Gasteiger partial charge in [0.25, 0.3) is 0 Å². The molecular weight excluding hydrogens is 599 g/mol. The topological polar surface area (TPSA) is 153 Å². The van der Waals surface area contributed by atoms with Gasteiger partial charge in [-0.15, -0.1) is 0 Å². The number of nitrogens with one attached hydrogen (secondary N) is 1. The van der Waals surface area contributed by atoms with E-state index in [1.807, 2.05) is 42.5 Å². The number of aromatic nitrogens is 4. The molecule has 2 aliphatic heterocycles. The van der Waals surface area contributed by atoms with Gasteiger partial charge in [-0.3, -0.25) is 14.6 Å². The Morgan fingerprint density at radius 2 is 1.70 bits per heavy atom. The molecule has 2 saturated heterocycles. The van der Waals surface area contributed by atoms with Gasteiger partial charge < -0.3 is 16.0 Å². The molecule has 0 unspecified atom stereocenters. The van der Waals surface area contributed by atoms with Gasteiger partial charge in [-0.05, 0) is 31.7 Å². The van der Waals surface area contributed by atoms with Crippen molar-refractivity contribution >= 4 is 33.1 Å². The van der Waals surface area contributed by atoms with Crippen molar-refractivity contribution in [1.29, 1.82) is 0 Å². The van der Waals surface area contributed by atoms with E-state index in [1.165, 1.54) is 9.42 Å². The summed E-state index contributed by atoms with van der Waals surface area (Å²) in [5.74, 6) is -3.29. The number of sulfone groups is 1. The van der Waals surface area contributed by atoms with Gasteiger partial charge in [0.1, 0.15) is 10.7 Å². The Kier molecular flexibility index (Phi) is 7.30. The molecule has 0 saturated carbocycles. The van der Waals surface area contributed by atoms with E-state index in [-0.39, 0.29) is 28.5 Å². The van der Waals surface area contributed by atoms with Crippen LogP contribution in [0.25, 0.3) is 28.0 Å². The molecule has 2 fully saturated rings. The summed E-state index contributed by atoms with van der Waals surface area (Å²) >= 11 is 0. The Morgan fingerprint density at radius 1 is 1.02 bits per heavy atom. The van der Waals surface area contributed by atoms with E-state index in [1.54, 1.807) is 17.7 Å². The molecule has 2 amide bonds. The minimum atomic E-state index is -5.09. The summed E-state index contributed by atoms with van der Waals surface area (Å²) in [4.78, 5) is 34.9. The van der Waals surface area contributed by atoms with Crippen molar-refractivity contribution in [2.75, 3.05) is 18.5 Å². The largest absolute Gasteiger partial charge is 0.471 e. The first kappa shape index (κ1) is 29.5. The van der Waals surface area contributed by atoms with Crippen LogP contribution in [0.3, 0.4) is 0 Å². The van der Waals surface area contributed by atoms with Crippen LogP contribution < -0.4 is 11.1 Å². The normalized spacial score (nSPS) is 20.2. The molecule has 3 N–H and O–H groups in total. The Bertz CT molecular complexity index is 1850. The molecule has 15 heteroatoms. The number of fused-ring (bicyclic) bond motifs is 3. The van der Waals surface area contributed by atoms with Crippen molar-refractivity contribution in [2.24, 2.45) is 0 Å². The van der Waals surface area contributed by atoms with Crippen molar-refractivity contribution in [2.45, 2.75) is 54.8 Å². The van der Waals surface area contributed by atoms with Gasteiger partial charge in [0.05, 0.1) is 24.1 Å². The first-order valence-corrected chi connectivity index (χ1v) is 15.8. The molecule has 11 nitrogen and oxygen atoms in total. The molecule has 0 radical (unpaired) electrons. The van der Waals surface area contributed by atoms with E-state index < -0.39 is 40.3 Å². The highest BCUT2D eigenvalue weighted by Crippen LogP contribution is 2.45. The van der Waals surface area contributed by atoms with Gasteiger partial charge in [0.2, 0.25) is 5.91 Å². The summed E-state index contributed by atoms with van der Waals surface area (Å²) in [6.45, 7) is -0.780. The molecule has 0 spiro atoms. The number of hydrogen-bond donors (Lipinski definition) is 2. The lowest BCUT2D eigenvalue weighted by Crippen LogP contribution is -2.51. The fourth-order valence-corrected chi connectivity index (χ4v) is 7.42. The summed E-state index contributed by atoms with van der Waals surface area (Å²) in [5, 5.41) is 5.98. The molecule has 2 bridgehead atoms. The van der Waals surface area contributed by atoms with Crippen LogP contribution in [-0.4, -0.2) is 75.8 Å². The summed E-state index contributed by atoms with van der Waals surface area (Å²) in [6, 6.07) is 12.7. The maximum atomic E-state index is 13.0. The van der Waals surface area contributed by atoms with Crippen LogP contribution in [0, 0.1) is 0 Å². The number of rotatable bonds is 6. The number of alkyl halides is 3. The minimum absolute atomic E-state index is 0.0895. The van der Waals surface area contributed by atoms with Gasteiger partial charge in [0, 0.05) is 47.1 Å². The Hall–Kier alpha value is -4.53. The summed E-state index contributed by atoms with van der Waals surface area (Å²) < 4.78 is 65.2. The second-order valence-corrected chi connectivity index (χ2v) is 13.1. The number of carbonyl (C=O) groups is 2. The zero-order valence-corrected chi connectivity index (χ0v) is 24.3. The number of anilines is 1. The minimum Gasteiger partial charge on any atom is -0.382 e. The van der Waals surface area contributed by atoms with E-state index >= 15 is 0 Å². The van der Waals surface area contributed by atoms with Gasteiger partial charge in [0.15, 0.2) is 15.5 Å². The average molecular weight is 628 g/mol. The van der Waals surface area contributed by atoms with Crippen LogP contribution in [0.15, 0.2) is 59.8 Å². The zero-order valence-electron chi connectivity index (χ0n) is 23.5. The molecule has 230 valence electrons. The fourth-order valence-electron chi connectivity index (χ4n) is 6.37. The second kappa shape index (κ2) is 10.9. The molecule has 2 aliphatic rings. The van der Waals surface area contributed by atoms with Crippen LogP contribution in [-0.2, 0) is 19.4 Å². The second-order valence-electron chi connectivity index (χ2n) is 11.1. The van der Waals surface area contributed by atoms with Crippen molar-refractivity contribution < 1.29 is 31.2 Å². The van der Waals surface area contributed by atoms with E-state index in [9.17, 15) is 31.2 Å². The van der Waals surface area contributed by atoms with E-state index in [0.29, 0.717) is 42.5 Å². The quantitative estimate of drug-likeness (QED) is 0.330. The highest BCUT2D eigenvalue weighted by molar-refractivity contribution is 7.91. The SMILES string of the molecule is CS(=O)(=O)c1c([C@H]2C[C@H]3CC[C@@H](C2)N3C(=O)CNC(=O)C(F)(F)F)nc2c(-c3ccc(-c4ccccc4)nc3)cnn2c1N. The maximum Gasteiger partial charge on any atom is 0.471 e. The average Bonchev–Trinajstić information content (AvgIpc) is 3.53. The Balaban J connectivity index is 1.33. The number of hydrogen-bond acceptors (Lipinski definition) is 8. The predicted octanol–water partition coefficient (Wildman–Crippen LogP) is 3.36. The molecule has 4 aromatic rings. The Labute approximate surface area is 250 Å². The summed E-state index contributed by atoms with van der Waals surface area (Å²) in [5.41, 5.74) is 10.1. The third kappa shape index (κ3) is 5.36. The van der Waals surface area contributed by atoms with E-state index in [4.69, 9.17) is 10.7 Å². The van der Waals surface area contributed by atoms with Crippen molar-refractivity contribution in [3.8, 4) is 22.4 Å². The molecule has 44 heavy (non-hydrogen) atoms. The Morgan fingerprint density at radius 3 is 2.30 bits per heavy atom. The summed E-state index contributed by atoms with van der Waals surface area (Å²) in [6.07, 6.45) is 1.02. The monoisotopic (exact) mass is 627 g/mol. The number of benzene rings is 1. The van der Waals surface area contributed by atoms with Gasteiger partial charge >= 0.3 is 12.1 Å². The third-order valence-electron chi connectivity index (χ3n) is 8.24. The lowest BCUT2D eigenvalue weighted by atomic mass is 9.87. The standard InChI is InChI=1S/C29H28F3N7O4S/c1-44(42,43)25-24(18-11-19-8-9-20(12-18)38(19)23(40)15-35-28(41)29(30,31)32)37-27-21(14-36-39(27)26(25)33)17-7-10-22(34-13-17)16-5-3-2-4-6-16/h2-7,10,13-14,18-20H,8-9,11-12,15,33H2,1H3,(H,35,41)/t18-,19+,20-. The van der Waals surface area contributed by atoms with Gasteiger partial charge in [-0.2, -0.15) is 22.8 Å². The number of carbonyl (C=O) groups excluding carboxylic acids is 2. The lowest BCUT2D eigenvalue weighted by Gasteiger charge is -2.39. The van der Waals surface area contributed by atoms with Crippen molar-refractivity contribution in [3.63, 3.8) is 0 Å². The molecular formula is C29H28F3N7O4S.